The molecule has 0 aliphatic carbocycles. The second-order valence-corrected chi connectivity index (χ2v) is 28.9. The second kappa shape index (κ2) is 59.0. The Morgan fingerprint density at radius 3 is 1.01 bits per heavy atom. The molecule has 3 saturated heterocycles. The number of carbonyl (C=O) groups is 1. The Bertz CT molecular complexity index is 1790. The molecule has 17 unspecified atom stereocenters. The van der Waals surface area contributed by atoms with Gasteiger partial charge in [0.05, 0.1) is 38.6 Å². The number of carbonyl (C=O) groups excluding carboxylic acids is 1. The lowest BCUT2D eigenvalue weighted by atomic mass is 9.96. The summed E-state index contributed by atoms with van der Waals surface area (Å²) in [5, 5.41) is 121. The molecular weight excluding hydrogens is 1230 g/mol. The zero-order valence-electron chi connectivity index (χ0n) is 60.6. The van der Waals surface area contributed by atoms with Gasteiger partial charge in [0.15, 0.2) is 18.9 Å². The molecule has 0 saturated carbocycles. The van der Waals surface area contributed by atoms with E-state index in [1.807, 2.05) is 0 Å². The summed E-state index contributed by atoms with van der Waals surface area (Å²) in [5.74, 6) is -0.239. The van der Waals surface area contributed by atoms with Crippen LogP contribution in [-0.4, -0.2) is 193 Å². The molecule has 0 aromatic rings. The van der Waals surface area contributed by atoms with Crippen molar-refractivity contribution in [1.82, 2.24) is 5.32 Å². The molecule has 19 nitrogen and oxygen atoms in total. The van der Waals surface area contributed by atoms with Gasteiger partial charge in [-0.25, -0.2) is 0 Å². The van der Waals surface area contributed by atoms with E-state index in [1.54, 1.807) is 0 Å². The number of unbranched alkanes of at least 4 members (excludes halogenated alkanes) is 46. The number of hydrogen-bond acceptors (Lipinski definition) is 18. The molecule has 3 aliphatic rings. The molecule has 0 aromatic carbocycles. The van der Waals surface area contributed by atoms with Crippen LogP contribution in [0, 0.1) is 0 Å². The molecule has 3 rings (SSSR count). The maximum Gasteiger partial charge on any atom is 0.220 e. The number of rotatable bonds is 64. The molecule has 0 radical (unpaired) electrons. The van der Waals surface area contributed by atoms with E-state index in [9.17, 15) is 61.0 Å². The normalized spacial score (nSPS) is 27.0. The van der Waals surface area contributed by atoms with Crippen molar-refractivity contribution in [2.45, 2.75) is 446 Å². The number of aliphatic hydroxyl groups is 11. The fraction of sp³-hybridized carbons (Fsp3) is 0.961. The van der Waals surface area contributed by atoms with Crippen molar-refractivity contribution in [2.24, 2.45) is 0 Å². The number of ether oxygens (including phenoxy) is 6. The van der Waals surface area contributed by atoms with Crippen molar-refractivity contribution < 1.29 is 89.4 Å². The summed E-state index contributed by atoms with van der Waals surface area (Å²) in [4.78, 5) is 13.5. The largest absolute Gasteiger partial charge is 0.394 e. The van der Waals surface area contributed by atoms with E-state index in [-0.39, 0.29) is 18.9 Å². The monoisotopic (exact) mass is 1370 g/mol. The lowest BCUT2D eigenvalue weighted by Crippen LogP contribution is -2.66. The van der Waals surface area contributed by atoms with E-state index < -0.39 is 124 Å². The lowest BCUT2D eigenvalue weighted by molar-refractivity contribution is -0.379. The summed E-state index contributed by atoms with van der Waals surface area (Å²) in [6, 6.07) is -0.887. The Kier molecular flexibility index (Phi) is 54.5. The first-order valence-electron chi connectivity index (χ1n) is 39.9. The van der Waals surface area contributed by atoms with Crippen LogP contribution in [0.25, 0.3) is 0 Å². The summed E-state index contributed by atoms with van der Waals surface area (Å²) >= 11 is 0. The highest BCUT2D eigenvalue weighted by Crippen LogP contribution is 2.33. The van der Waals surface area contributed by atoms with E-state index in [1.165, 1.54) is 257 Å². The van der Waals surface area contributed by atoms with Crippen molar-refractivity contribution in [2.75, 3.05) is 26.4 Å². The molecule has 17 atom stereocenters. The summed E-state index contributed by atoms with van der Waals surface area (Å²) in [6.45, 7) is 1.86. The van der Waals surface area contributed by atoms with E-state index in [2.05, 4.69) is 31.3 Å². The molecule has 3 aliphatic heterocycles. The van der Waals surface area contributed by atoms with Gasteiger partial charge in [0.25, 0.3) is 0 Å². The predicted octanol–water partition coefficient (Wildman–Crippen LogP) is 12.8. The smallest absolute Gasteiger partial charge is 0.220 e. The Balaban J connectivity index is 1.37. The fourth-order valence-corrected chi connectivity index (χ4v) is 13.9. The number of hydrogen-bond donors (Lipinski definition) is 12. The predicted molar refractivity (Wildman–Crippen MR) is 379 cm³/mol. The van der Waals surface area contributed by atoms with Crippen molar-refractivity contribution in [3.63, 3.8) is 0 Å². The van der Waals surface area contributed by atoms with Crippen LogP contribution in [0.3, 0.4) is 0 Å². The third-order valence-corrected chi connectivity index (χ3v) is 20.3. The van der Waals surface area contributed by atoms with Crippen molar-refractivity contribution in [3.05, 3.63) is 12.2 Å². The standard InChI is InChI=1S/C77H147NO18/c1-3-5-7-9-11-13-15-17-19-21-23-25-26-27-28-29-30-31-32-33-35-36-38-40-42-44-46-48-50-52-54-61(82)60(78-65(83)55-53-51-49-47-45-43-41-39-37-34-24-22-20-18-16-14-12-10-8-6-4-2)59-91-75-71(89)68(86)73(63(57-80)93-75)96-77-72(90)69(87)74(64(58-81)94-77)95-76-70(88)67(85)66(84)62(56-79)92-76/h22,24,60-64,66-77,79-82,84-90H,3-21,23,25-59H2,1-2H3,(H,78,83)/b24-22-. The summed E-state index contributed by atoms with van der Waals surface area (Å²) in [5.41, 5.74) is 0. The van der Waals surface area contributed by atoms with Crippen LogP contribution in [0.15, 0.2) is 12.2 Å². The molecule has 12 N–H and O–H groups in total. The SMILES string of the molecule is CCCCCCCCCC/C=C\CCCCCCCCCCCC(=O)NC(COC1OC(CO)C(OC2OC(CO)C(OC3OC(CO)C(O)C(O)C3O)C(O)C2O)C(O)C1O)C(O)CCCCCCCCCCCCCCCCCCCCCCCCCCCCCCCC. The number of amides is 1. The fourth-order valence-electron chi connectivity index (χ4n) is 13.9. The number of nitrogens with one attached hydrogen (secondary N) is 1. The van der Waals surface area contributed by atoms with Gasteiger partial charge in [0.1, 0.15) is 73.2 Å². The minimum absolute atomic E-state index is 0.239. The van der Waals surface area contributed by atoms with Crippen LogP contribution in [0.1, 0.15) is 341 Å². The van der Waals surface area contributed by atoms with Crippen LogP contribution in [0.2, 0.25) is 0 Å². The van der Waals surface area contributed by atoms with Crippen LogP contribution in [-0.2, 0) is 33.2 Å². The summed E-state index contributed by atoms with van der Waals surface area (Å²) in [6.07, 6.45) is 41.6. The molecule has 3 fully saturated rings. The maximum absolute atomic E-state index is 13.5. The van der Waals surface area contributed by atoms with E-state index in [0.717, 1.165) is 51.4 Å². The average Bonchev–Trinajstić information content (AvgIpc) is 0.785. The Morgan fingerprint density at radius 2 is 0.656 bits per heavy atom. The van der Waals surface area contributed by atoms with E-state index in [0.29, 0.717) is 12.8 Å². The van der Waals surface area contributed by atoms with Gasteiger partial charge in [-0.05, 0) is 38.5 Å². The molecule has 3 heterocycles. The first kappa shape index (κ1) is 88.7. The highest BCUT2D eigenvalue weighted by atomic mass is 16.8. The van der Waals surface area contributed by atoms with Crippen LogP contribution < -0.4 is 5.32 Å². The van der Waals surface area contributed by atoms with Gasteiger partial charge in [-0.3, -0.25) is 4.79 Å². The van der Waals surface area contributed by atoms with Gasteiger partial charge in [-0.1, -0.05) is 309 Å². The Labute approximate surface area is 582 Å². The maximum atomic E-state index is 13.5. The molecule has 0 spiro atoms. The van der Waals surface area contributed by atoms with Crippen molar-refractivity contribution >= 4 is 5.91 Å². The second-order valence-electron chi connectivity index (χ2n) is 28.9. The molecule has 568 valence electrons. The van der Waals surface area contributed by atoms with Gasteiger partial charge in [0.2, 0.25) is 5.91 Å². The summed E-state index contributed by atoms with van der Waals surface area (Å²) < 4.78 is 34.5. The van der Waals surface area contributed by atoms with Gasteiger partial charge in [0, 0.05) is 6.42 Å². The molecule has 0 aromatic heterocycles. The van der Waals surface area contributed by atoms with E-state index in [4.69, 9.17) is 28.4 Å². The Morgan fingerprint density at radius 1 is 0.365 bits per heavy atom. The first-order valence-corrected chi connectivity index (χ1v) is 39.9. The third kappa shape index (κ3) is 39.3. The number of allylic oxidation sites excluding steroid dienone is 2. The van der Waals surface area contributed by atoms with Gasteiger partial charge in [-0.15, -0.1) is 0 Å². The average molecular weight is 1380 g/mol. The van der Waals surface area contributed by atoms with Crippen molar-refractivity contribution in [1.29, 1.82) is 0 Å². The molecule has 0 bridgehead atoms. The highest BCUT2D eigenvalue weighted by Gasteiger charge is 2.54. The van der Waals surface area contributed by atoms with Crippen LogP contribution in [0.5, 0.6) is 0 Å². The molecule has 96 heavy (non-hydrogen) atoms. The van der Waals surface area contributed by atoms with Gasteiger partial charge in [-0.2, -0.15) is 0 Å². The number of aliphatic hydroxyl groups excluding tert-OH is 11. The summed E-state index contributed by atoms with van der Waals surface area (Å²) in [7, 11) is 0. The highest BCUT2D eigenvalue weighted by molar-refractivity contribution is 5.76. The van der Waals surface area contributed by atoms with E-state index >= 15 is 0 Å². The lowest BCUT2D eigenvalue weighted by Gasteiger charge is -2.48. The minimum atomic E-state index is -1.97. The third-order valence-electron chi connectivity index (χ3n) is 20.3. The van der Waals surface area contributed by atoms with Crippen LogP contribution in [0.4, 0.5) is 0 Å². The quantitative estimate of drug-likeness (QED) is 0.0199. The molecule has 1 amide bonds. The van der Waals surface area contributed by atoms with Crippen LogP contribution >= 0.6 is 0 Å². The molecular formula is C77H147NO18. The van der Waals surface area contributed by atoms with Gasteiger partial charge >= 0.3 is 0 Å². The Hall–Kier alpha value is -1.47. The molecule has 19 heteroatoms. The van der Waals surface area contributed by atoms with Crippen molar-refractivity contribution in [3.8, 4) is 0 Å². The van der Waals surface area contributed by atoms with Gasteiger partial charge < -0.3 is 89.9 Å². The zero-order chi connectivity index (χ0) is 69.6. The zero-order valence-corrected chi connectivity index (χ0v) is 60.6. The minimum Gasteiger partial charge on any atom is -0.394 e. The topological polar surface area (TPSA) is 307 Å². The first-order chi connectivity index (χ1) is 46.8.